The van der Waals surface area contributed by atoms with E-state index in [9.17, 15) is 9.79 Å². The molecule has 0 aromatic heterocycles. The molecule has 108 valence electrons. The fourth-order valence-corrected chi connectivity index (χ4v) is 2.56. The Morgan fingerprint density at radius 2 is 0.952 bits per heavy atom. The zero-order valence-electron chi connectivity index (χ0n) is 12.0. The first-order valence-corrected chi connectivity index (χ1v) is 8.17. The molecular formula is C14H16CaO4P2. The van der Waals surface area contributed by atoms with Crippen molar-refractivity contribution in [3.63, 3.8) is 0 Å². The zero-order chi connectivity index (χ0) is 14.8. The van der Waals surface area contributed by atoms with E-state index in [0.717, 1.165) is 10.6 Å². The molecule has 0 saturated carbocycles. The summed E-state index contributed by atoms with van der Waals surface area (Å²) >= 11 is 0. The van der Waals surface area contributed by atoms with Crippen LogP contribution in [0.4, 0.5) is 0 Å². The molecule has 2 atom stereocenters. The van der Waals surface area contributed by atoms with E-state index < -0.39 is 16.8 Å². The Morgan fingerprint density at radius 3 is 1.19 bits per heavy atom. The fraction of sp³-hybridized carbons (Fsp3) is 0.143. The third kappa shape index (κ3) is 8.56. The first-order chi connectivity index (χ1) is 9.69. The Morgan fingerprint density at radius 1 is 0.667 bits per heavy atom. The third-order valence-electron chi connectivity index (χ3n) is 2.27. The monoisotopic (exact) mass is 350 g/mol. The summed E-state index contributed by atoms with van der Waals surface area (Å²) in [4.78, 5) is 21.9. The van der Waals surface area contributed by atoms with Crippen LogP contribution in [0.25, 0.3) is 0 Å². The van der Waals surface area contributed by atoms with Gasteiger partial charge in [-0.25, -0.2) is 0 Å². The molecule has 0 aliphatic carbocycles. The predicted molar refractivity (Wildman–Crippen MR) is 85.8 cm³/mol. The average Bonchev–Trinajstić information content (AvgIpc) is 2.55. The van der Waals surface area contributed by atoms with Crippen molar-refractivity contribution in [2.24, 2.45) is 0 Å². The molecule has 0 radical (unpaired) electrons. The molecule has 7 heteroatoms. The molecule has 0 heterocycles. The fourth-order valence-electron chi connectivity index (χ4n) is 1.31. The summed E-state index contributed by atoms with van der Waals surface area (Å²) in [5.74, 6) is 0. The number of benzene rings is 2. The van der Waals surface area contributed by atoms with Gasteiger partial charge in [0, 0.05) is 14.2 Å². The Kier molecular flexibility index (Phi) is 13.1. The van der Waals surface area contributed by atoms with E-state index in [1.54, 1.807) is 24.3 Å². The molecule has 2 unspecified atom stereocenters. The van der Waals surface area contributed by atoms with Crippen molar-refractivity contribution in [3.05, 3.63) is 60.7 Å². The zero-order valence-corrected chi connectivity index (χ0v) is 16.0. The van der Waals surface area contributed by atoms with Crippen molar-refractivity contribution in [2.45, 2.75) is 0 Å². The van der Waals surface area contributed by atoms with E-state index in [-0.39, 0.29) is 37.7 Å². The van der Waals surface area contributed by atoms with E-state index in [4.69, 9.17) is 0 Å². The Bertz CT molecular complexity index is 427. The molecule has 0 aliphatic rings. The van der Waals surface area contributed by atoms with Gasteiger partial charge in [0.25, 0.3) is 0 Å². The van der Waals surface area contributed by atoms with Crippen molar-refractivity contribution in [1.29, 1.82) is 0 Å². The van der Waals surface area contributed by atoms with E-state index in [0.29, 0.717) is 0 Å². The van der Waals surface area contributed by atoms with Gasteiger partial charge in [-0.05, 0) is 27.4 Å². The van der Waals surface area contributed by atoms with Crippen LogP contribution in [0.15, 0.2) is 60.7 Å². The van der Waals surface area contributed by atoms with Crippen LogP contribution in [-0.2, 0) is 9.05 Å². The second kappa shape index (κ2) is 12.9. The summed E-state index contributed by atoms with van der Waals surface area (Å²) in [6.45, 7) is 0. The summed E-state index contributed by atoms with van der Waals surface area (Å²) < 4.78 is 9.29. The first-order valence-electron chi connectivity index (χ1n) is 5.82. The van der Waals surface area contributed by atoms with Gasteiger partial charge < -0.3 is 18.8 Å². The van der Waals surface area contributed by atoms with Crippen molar-refractivity contribution in [3.8, 4) is 0 Å². The maximum atomic E-state index is 10.9. The largest absolute Gasteiger partial charge is 2.00 e. The van der Waals surface area contributed by atoms with Crippen LogP contribution in [0, 0.1) is 0 Å². The molecule has 4 nitrogen and oxygen atoms in total. The van der Waals surface area contributed by atoms with Gasteiger partial charge in [-0.1, -0.05) is 60.7 Å². The summed E-state index contributed by atoms with van der Waals surface area (Å²) in [6, 6.07) is 18.2. The minimum Gasteiger partial charge on any atom is -0.804 e. The number of hydrogen-bond acceptors (Lipinski definition) is 4. The van der Waals surface area contributed by atoms with Crippen molar-refractivity contribution in [2.75, 3.05) is 14.2 Å². The molecule has 0 bridgehead atoms. The van der Waals surface area contributed by atoms with E-state index >= 15 is 0 Å². The summed E-state index contributed by atoms with van der Waals surface area (Å²) in [7, 11) is -0.374. The number of rotatable bonds is 4. The molecule has 0 saturated heterocycles. The van der Waals surface area contributed by atoms with E-state index in [2.05, 4.69) is 9.05 Å². The normalized spacial score (nSPS) is 12.4. The van der Waals surface area contributed by atoms with Crippen LogP contribution < -0.4 is 20.4 Å². The van der Waals surface area contributed by atoms with Crippen LogP contribution >= 0.6 is 16.8 Å². The van der Waals surface area contributed by atoms with E-state index in [1.165, 1.54) is 14.2 Å². The van der Waals surface area contributed by atoms with Crippen LogP contribution in [0.2, 0.25) is 0 Å². The SMILES string of the molecule is COP([O-])c1ccccc1.COP([O-])c1ccccc1.[Ca+2]. The Hall–Kier alpha value is 0.400. The second-order valence-electron chi connectivity index (χ2n) is 3.55. The molecular weight excluding hydrogens is 334 g/mol. The maximum absolute atomic E-state index is 10.9. The third-order valence-corrected chi connectivity index (χ3v) is 4.37. The van der Waals surface area contributed by atoms with Gasteiger partial charge in [-0.2, -0.15) is 0 Å². The van der Waals surface area contributed by atoms with Crippen LogP contribution in [-0.4, -0.2) is 52.0 Å². The quantitative estimate of drug-likeness (QED) is 0.607. The molecule has 0 N–H and O–H groups in total. The molecule has 2 aromatic carbocycles. The van der Waals surface area contributed by atoms with Gasteiger partial charge in [-0.3, -0.25) is 0 Å². The van der Waals surface area contributed by atoms with Crippen LogP contribution in [0.5, 0.6) is 0 Å². The predicted octanol–water partition coefficient (Wildman–Crippen LogP) is 0.880. The summed E-state index contributed by atoms with van der Waals surface area (Å²) in [5, 5.41) is 1.47. The van der Waals surface area contributed by atoms with Gasteiger partial charge in [0.2, 0.25) is 0 Å². The number of hydrogen-bond donors (Lipinski definition) is 0. The van der Waals surface area contributed by atoms with Crippen molar-refractivity contribution < 1.29 is 18.8 Å². The van der Waals surface area contributed by atoms with Crippen LogP contribution in [0.1, 0.15) is 0 Å². The Balaban J connectivity index is 0.000000364. The summed E-state index contributed by atoms with van der Waals surface area (Å²) in [6.07, 6.45) is 0. The van der Waals surface area contributed by atoms with E-state index in [1.807, 2.05) is 36.4 Å². The Labute approximate surface area is 158 Å². The van der Waals surface area contributed by atoms with Gasteiger partial charge in [0.15, 0.2) is 0 Å². The van der Waals surface area contributed by atoms with Gasteiger partial charge >= 0.3 is 37.7 Å². The minimum atomic E-state index is -1.62. The standard InChI is InChI=1S/2C7H8O2P.Ca/c2*1-9-10(8)7-5-3-2-4-6-7;/h2*2-6H,1H3;/q2*-1;+2. The first kappa shape index (κ1) is 21.4. The molecule has 2 aromatic rings. The summed E-state index contributed by atoms with van der Waals surface area (Å²) in [5.41, 5.74) is 0. The smallest absolute Gasteiger partial charge is 0.804 e. The molecule has 2 rings (SSSR count). The molecule has 0 aliphatic heterocycles. The minimum absolute atomic E-state index is 0. The van der Waals surface area contributed by atoms with Crippen molar-refractivity contribution >= 4 is 65.1 Å². The van der Waals surface area contributed by atoms with Gasteiger partial charge in [-0.15, -0.1) is 0 Å². The maximum Gasteiger partial charge on any atom is 2.00 e. The van der Waals surface area contributed by atoms with Gasteiger partial charge in [0.05, 0.1) is 0 Å². The topological polar surface area (TPSA) is 64.6 Å². The van der Waals surface area contributed by atoms with Crippen molar-refractivity contribution in [1.82, 2.24) is 0 Å². The molecule has 0 amide bonds. The average molecular weight is 350 g/mol. The second-order valence-corrected chi connectivity index (χ2v) is 6.34. The van der Waals surface area contributed by atoms with Crippen LogP contribution in [0.3, 0.4) is 0 Å². The molecule has 0 fully saturated rings. The van der Waals surface area contributed by atoms with Gasteiger partial charge in [0.1, 0.15) is 0 Å². The molecule has 0 spiro atoms. The molecule has 21 heavy (non-hydrogen) atoms.